The van der Waals surface area contributed by atoms with Crippen molar-refractivity contribution in [1.82, 2.24) is 0 Å². The van der Waals surface area contributed by atoms with Crippen LogP contribution in [0.5, 0.6) is 0 Å². The average Bonchev–Trinajstić information content (AvgIpc) is 2.60. The van der Waals surface area contributed by atoms with Crippen molar-refractivity contribution in [2.24, 2.45) is 0 Å². The number of morpholine rings is 1. The summed E-state index contributed by atoms with van der Waals surface area (Å²) in [5.74, 6) is 0. The van der Waals surface area contributed by atoms with E-state index >= 15 is 0 Å². The smallest absolute Gasteiger partial charge is 0.397 e. The van der Waals surface area contributed by atoms with Gasteiger partial charge in [-0.15, -0.1) is 0 Å². The first-order valence-corrected chi connectivity index (χ1v) is 10.4. The normalized spacial score (nSPS) is 18.8. The molecule has 1 aliphatic heterocycles. The van der Waals surface area contributed by atoms with Crippen molar-refractivity contribution < 1.29 is 31.9 Å². The summed E-state index contributed by atoms with van der Waals surface area (Å²) in [7, 11) is -3.96. The number of nitrogens with one attached hydrogen (secondary N) is 1. The topological polar surface area (TPSA) is 97.0 Å². The van der Waals surface area contributed by atoms with Crippen LogP contribution in [-0.2, 0) is 20.0 Å². The van der Waals surface area contributed by atoms with Crippen LogP contribution >= 0.6 is 7.60 Å². The lowest BCUT2D eigenvalue weighted by Gasteiger charge is -2.32. The number of nitrogen functional groups attached to an aromatic ring is 1. The Morgan fingerprint density at radius 3 is 2.59 bits per heavy atom. The molecule has 0 amide bonds. The molecule has 1 saturated heterocycles. The lowest BCUT2D eigenvalue weighted by atomic mass is 10.1. The molecule has 2 rings (SSSR count). The first kappa shape index (κ1) is 21.8. The Balaban J connectivity index is 2.28. The highest BCUT2D eigenvalue weighted by Gasteiger charge is 2.36. The van der Waals surface area contributed by atoms with Crippen LogP contribution in [0, 0.1) is 0 Å². The largest absolute Gasteiger partial charge is 0.418 e. The van der Waals surface area contributed by atoms with E-state index in [4.69, 9.17) is 15.0 Å². The number of alkyl halides is 3. The maximum absolute atomic E-state index is 13.4. The lowest BCUT2D eigenvalue weighted by molar-refractivity contribution is -0.137. The molecule has 2 unspecified atom stereocenters. The first-order valence-electron chi connectivity index (χ1n) is 8.61. The van der Waals surface area contributed by atoms with Crippen molar-refractivity contribution in [2.75, 3.05) is 48.5 Å². The highest BCUT2D eigenvalue weighted by Crippen LogP contribution is 2.45. The fraction of sp³-hybridized carbons (Fsp3) is 0.625. The zero-order valence-corrected chi connectivity index (χ0v) is 16.1. The third kappa shape index (κ3) is 6.00. The molecule has 1 aromatic carbocycles. The van der Waals surface area contributed by atoms with Gasteiger partial charge in [-0.3, -0.25) is 4.57 Å². The Kier molecular flexibility index (Phi) is 7.02. The van der Waals surface area contributed by atoms with Crippen molar-refractivity contribution in [3.05, 3.63) is 17.7 Å². The maximum atomic E-state index is 13.4. The summed E-state index contributed by atoms with van der Waals surface area (Å²) in [6, 6.07) is 2.09. The first-order chi connectivity index (χ1) is 12.5. The van der Waals surface area contributed by atoms with Gasteiger partial charge in [0, 0.05) is 13.1 Å². The Bertz CT molecular complexity index is 696. The number of nitrogens with zero attached hydrogens (tertiary/aromatic N) is 1. The van der Waals surface area contributed by atoms with Gasteiger partial charge in [0.25, 0.3) is 0 Å². The van der Waals surface area contributed by atoms with E-state index < -0.39 is 31.7 Å². The van der Waals surface area contributed by atoms with Gasteiger partial charge in [0.05, 0.1) is 41.9 Å². The molecule has 0 saturated carbocycles. The fourth-order valence-corrected chi connectivity index (χ4v) is 3.79. The molecule has 1 heterocycles. The summed E-state index contributed by atoms with van der Waals surface area (Å²) >= 11 is 0. The second kappa shape index (κ2) is 8.68. The van der Waals surface area contributed by atoms with Crippen LogP contribution in [0.1, 0.15) is 25.8 Å². The molecule has 0 radical (unpaired) electrons. The summed E-state index contributed by atoms with van der Waals surface area (Å²) in [5.41, 5.74) is 4.84. The number of hydrogen-bond donors (Lipinski definition) is 3. The van der Waals surface area contributed by atoms with Gasteiger partial charge in [-0.25, -0.2) is 0 Å². The molecule has 0 aromatic heterocycles. The van der Waals surface area contributed by atoms with E-state index in [9.17, 15) is 22.6 Å². The van der Waals surface area contributed by atoms with Crippen LogP contribution in [-0.4, -0.2) is 43.6 Å². The lowest BCUT2D eigenvalue weighted by Crippen LogP contribution is -2.37. The molecule has 0 spiro atoms. The van der Waals surface area contributed by atoms with Crippen molar-refractivity contribution in [3.8, 4) is 0 Å². The number of rotatable bonds is 7. The van der Waals surface area contributed by atoms with Crippen molar-refractivity contribution in [2.45, 2.75) is 32.5 Å². The Morgan fingerprint density at radius 2 is 2.04 bits per heavy atom. The molecule has 1 fully saturated rings. The summed E-state index contributed by atoms with van der Waals surface area (Å²) < 4.78 is 62.7. The average molecular weight is 411 g/mol. The van der Waals surface area contributed by atoms with Gasteiger partial charge in [0.1, 0.15) is 6.29 Å². The second-order valence-corrected chi connectivity index (χ2v) is 8.15. The second-order valence-electron chi connectivity index (χ2n) is 6.35. The predicted octanol–water partition coefficient (Wildman–Crippen LogP) is 3.49. The summed E-state index contributed by atoms with van der Waals surface area (Å²) in [6.07, 6.45) is -4.91. The minimum absolute atomic E-state index is 0.0434. The zero-order chi connectivity index (χ0) is 20.2. The third-order valence-corrected chi connectivity index (χ3v) is 5.46. The van der Waals surface area contributed by atoms with E-state index in [-0.39, 0.29) is 17.1 Å². The molecule has 4 N–H and O–H groups in total. The Labute approximate surface area is 156 Å². The molecular formula is C16H25F3N3O4P. The van der Waals surface area contributed by atoms with E-state index in [2.05, 4.69) is 5.32 Å². The highest BCUT2D eigenvalue weighted by atomic mass is 31.2. The van der Waals surface area contributed by atoms with Gasteiger partial charge < -0.3 is 30.1 Å². The summed E-state index contributed by atoms with van der Waals surface area (Å²) in [5, 5.41) is 2.65. The van der Waals surface area contributed by atoms with Gasteiger partial charge in [0.15, 0.2) is 0 Å². The summed E-state index contributed by atoms with van der Waals surface area (Å²) in [6.45, 7) is 4.72. The number of hydrogen-bond acceptors (Lipinski definition) is 6. The standard InChI is InChI=1S/C16H25F3N3O4P/c1-3-11(2)26-27(23,24)10-21-14-9-15(22-4-6-25-7-5-22)12(8-13(14)20)16(17,18)19/h8-9,11,21H,3-7,10,20H2,1-2H3,(H,23,24). The minimum atomic E-state index is -4.58. The molecule has 27 heavy (non-hydrogen) atoms. The van der Waals surface area contributed by atoms with Crippen molar-refractivity contribution in [1.29, 1.82) is 0 Å². The highest BCUT2D eigenvalue weighted by molar-refractivity contribution is 7.52. The molecule has 154 valence electrons. The number of benzene rings is 1. The van der Waals surface area contributed by atoms with Crippen molar-refractivity contribution in [3.63, 3.8) is 0 Å². The van der Waals surface area contributed by atoms with Crippen LogP contribution in [0.3, 0.4) is 0 Å². The molecule has 7 nitrogen and oxygen atoms in total. The minimum Gasteiger partial charge on any atom is -0.397 e. The van der Waals surface area contributed by atoms with Crippen LogP contribution in [0.25, 0.3) is 0 Å². The molecule has 0 aliphatic carbocycles. The molecule has 0 bridgehead atoms. The number of nitrogens with two attached hydrogens (primary N) is 1. The maximum Gasteiger partial charge on any atom is 0.418 e. The van der Waals surface area contributed by atoms with Gasteiger partial charge in [-0.1, -0.05) is 6.92 Å². The van der Waals surface area contributed by atoms with E-state index in [0.29, 0.717) is 32.7 Å². The van der Waals surface area contributed by atoms with E-state index in [0.717, 1.165) is 6.07 Å². The molecule has 2 atom stereocenters. The van der Waals surface area contributed by atoms with Gasteiger partial charge in [-0.05, 0) is 25.5 Å². The number of anilines is 3. The van der Waals surface area contributed by atoms with Crippen LogP contribution < -0.4 is 16.0 Å². The van der Waals surface area contributed by atoms with Gasteiger partial charge >= 0.3 is 13.8 Å². The van der Waals surface area contributed by atoms with Crippen LogP contribution in [0.2, 0.25) is 0 Å². The zero-order valence-electron chi connectivity index (χ0n) is 15.3. The molecule has 11 heteroatoms. The van der Waals surface area contributed by atoms with E-state index in [1.165, 1.54) is 6.07 Å². The quantitative estimate of drug-likeness (QED) is 0.467. The summed E-state index contributed by atoms with van der Waals surface area (Å²) in [4.78, 5) is 11.5. The van der Waals surface area contributed by atoms with Gasteiger partial charge in [0.2, 0.25) is 0 Å². The molecule has 1 aliphatic rings. The Hall–Kier alpha value is -1.48. The molecular weight excluding hydrogens is 386 g/mol. The van der Waals surface area contributed by atoms with Gasteiger partial charge in [-0.2, -0.15) is 13.2 Å². The van der Waals surface area contributed by atoms with E-state index in [1.807, 2.05) is 0 Å². The van der Waals surface area contributed by atoms with Crippen LogP contribution in [0.4, 0.5) is 30.2 Å². The fourth-order valence-electron chi connectivity index (χ4n) is 2.63. The van der Waals surface area contributed by atoms with E-state index in [1.54, 1.807) is 18.7 Å². The monoisotopic (exact) mass is 411 g/mol. The van der Waals surface area contributed by atoms with Crippen molar-refractivity contribution >= 4 is 24.7 Å². The van der Waals surface area contributed by atoms with Crippen LogP contribution in [0.15, 0.2) is 12.1 Å². The number of halogens is 3. The Morgan fingerprint density at radius 1 is 1.41 bits per heavy atom. The predicted molar refractivity (Wildman–Crippen MR) is 98.0 cm³/mol. The third-order valence-electron chi connectivity index (χ3n) is 4.21. The SMILES string of the molecule is CCC(C)OP(=O)(O)CNc1cc(N2CCOCC2)c(C(F)(F)F)cc1N. The molecule has 1 aromatic rings. The number of ether oxygens (including phenoxy) is 1.